The molecule has 3 N–H and O–H groups in total. The number of likely N-dealkylation sites (tertiary alicyclic amines) is 1. The van der Waals surface area contributed by atoms with Crippen LogP contribution in [0.1, 0.15) is 57.2 Å². The number of aromatic nitrogens is 1. The average molecular weight is 457 g/mol. The summed E-state index contributed by atoms with van der Waals surface area (Å²) < 4.78 is 0. The average Bonchev–Trinajstić information content (AvgIpc) is 3.43. The van der Waals surface area contributed by atoms with Gasteiger partial charge in [0.25, 0.3) is 11.8 Å². The minimum absolute atomic E-state index is 0.0382. The van der Waals surface area contributed by atoms with Crippen molar-refractivity contribution < 1.29 is 14.4 Å². The molecule has 3 aliphatic rings. The number of nitrogens with one attached hydrogen (secondary N) is 3. The van der Waals surface area contributed by atoms with Gasteiger partial charge in [-0.15, -0.1) is 0 Å². The van der Waals surface area contributed by atoms with Crippen molar-refractivity contribution in [2.24, 2.45) is 5.92 Å². The Balaban J connectivity index is 1.16. The monoisotopic (exact) mass is 456 g/mol. The molecule has 0 spiro atoms. The molecule has 4 atom stereocenters. The van der Waals surface area contributed by atoms with E-state index in [9.17, 15) is 14.4 Å². The van der Waals surface area contributed by atoms with Crippen molar-refractivity contribution >= 4 is 28.6 Å². The van der Waals surface area contributed by atoms with E-state index in [-0.39, 0.29) is 41.6 Å². The molecule has 7 heteroatoms. The van der Waals surface area contributed by atoms with Crippen molar-refractivity contribution in [1.29, 1.82) is 0 Å². The number of hydrogen-bond donors (Lipinski definition) is 3. The predicted molar refractivity (Wildman–Crippen MR) is 129 cm³/mol. The van der Waals surface area contributed by atoms with E-state index < -0.39 is 0 Å². The zero-order valence-corrected chi connectivity index (χ0v) is 19.1. The number of nitrogens with zero attached hydrogens (tertiary/aromatic N) is 1. The fourth-order valence-electron chi connectivity index (χ4n) is 6.07. The van der Waals surface area contributed by atoms with Crippen molar-refractivity contribution in [3.8, 4) is 0 Å². The first-order valence-electron chi connectivity index (χ1n) is 12.1. The van der Waals surface area contributed by atoms with Crippen LogP contribution >= 0.6 is 0 Å². The number of carbonyl (C=O) groups is 3. The van der Waals surface area contributed by atoms with Crippen LogP contribution in [0.2, 0.25) is 0 Å². The van der Waals surface area contributed by atoms with Crippen molar-refractivity contribution in [3.05, 3.63) is 70.9 Å². The Morgan fingerprint density at radius 3 is 2.79 bits per heavy atom. The lowest BCUT2D eigenvalue weighted by Gasteiger charge is -2.31. The Morgan fingerprint density at radius 1 is 1.09 bits per heavy atom. The maximum Gasteiger partial charge on any atom is 0.270 e. The van der Waals surface area contributed by atoms with E-state index in [0.717, 1.165) is 41.3 Å². The van der Waals surface area contributed by atoms with Gasteiger partial charge in [-0.1, -0.05) is 36.4 Å². The molecule has 3 aromatic rings. The van der Waals surface area contributed by atoms with Gasteiger partial charge in [-0.05, 0) is 55.4 Å². The summed E-state index contributed by atoms with van der Waals surface area (Å²) in [5, 5.41) is 7.15. The molecule has 174 valence electrons. The summed E-state index contributed by atoms with van der Waals surface area (Å²) >= 11 is 0. The normalized spacial score (nSPS) is 25.7. The van der Waals surface area contributed by atoms with E-state index in [0.29, 0.717) is 24.3 Å². The van der Waals surface area contributed by atoms with Crippen molar-refractivity contribution in [1.82, 2.24) is 20.5 Å². The van der Waals surface area contributed by atoms with Crippen LogP contribution in [0.25, 0.3) is 10.9 Å². The van der Waals surface area contributed by atoms with Gasteiger partial charge < -0.3 is 20.5 Å². The van der Waals surface area contributed by atoms with Gasteiger partial charge in [0.2, 0.25) is 5.91 Å². The van der Waals surface area contributed by atoms with Crippen LogP contribution in [0.3, 0.4) is 0 Å². The van der Waals surface area contributed by atoms with Crippen molar-refractivity contribution in [3.63, 3.8) is 0 Å². The Bertz CT molecular complexity index is 1310. The number of hydrogen-bond acceptors (Lipinski definition) is 3. The molecule has 2 fully saturated rings. The second-order valence-electron chi connectivity index (χ2n) is 9.87. The van der Waals surface area contributed by atoms with Gasteiger partial charge in [0.05, 0.1) is 5.92 Å². The molecule has 1 saturated heterocycles. The van der Waals surface area contributed by atoms with Crippen LogP contribution in [-0.2, 0) is 4.79 Å². The molecular formula is C27H28N4O3. The number of aromatic amines is 1. The topological polar surface area (TPSA) is 94.3 Å². The van der Waals surface area contributed by atoms with Gasteiger partial charge >= 0.3 is 0 Å². The maximum atomic E-state index is 13.4. The number of para-hydroxylation sites is 1. The summed E-state index contributed by atoms with van der Waals surface area (Å²) in [5.41, 5.74) is 4.13. The van der Waals surface area contributed by atoms with Crippen LogP contribution in [0.5, 0.6) is 0 Å². The minimum atomic E-state index is -0.389. The largest absolute Gasteiger partial charge is 0.352 e. The molecule has 1 aliphatic carbocycles. The summed E-state index contributed by atoms with van der Waals surface area (Å²) in [6, 6.07) is 15.6. The minimum Gasteiger partial charge on any atom is -0.352 e. The molecule has 6 rings (SSSR count). The summed E-state index contributed by atoms with van der Waals surface area (Å²) in [6.07, 6.45) is 2.65. The number of fused-ring (bicyclic) bond motifs is 4. The second kappa shape index (κ2) is 8.01. The quantitative estimate of drug-likeness (QED) is 0.565. The first kappa shape index (κ1) is 21.0. The number of amides is 3. The van der Waals surface area contributed by atoms with Gasteiger partial charge in [0, 0.05) is 41.6 Å². The summed E-state index contributed by atoms with van der Waals surface area (Å²) in [7, 11) is 0. The first-order chi connectivity index (χ1) is 16.5. The third-order valence-corrected chi connectivity index (χ3v) is 7.87. The highest BCUT2D eigenvalue weighted by Crippen LogP contribution is 2.37. The Kier molecular flexibility index (Phi) is 4.94. The molecule has 3 amide bonds. The third kappa shape index (κ3) is 3.38. The maximum absolute atomic E-state index is 13.4. The summed E-state index contributed by atoms with van der Waals surface area (Å²) in [4.78, 5) is 44.1. The third-order valence-electron chi connectivity index (χ3n) is 7.87. The zero-order valence-electron chi connectivity index (χ0n) is 19.1. The van der Waals surface area contributed by atoms with E-state index in [1.54, 1.807) is 6.07 Å². The SMILES string of the molecule is Cc1cccc2cc(C(=O)N3CC4CC3CCC4NC(=O)C3CNC(=O)c4ccccc43)[nH]c12. The fourth-order valence-corrected chi connectivity index (χ4v) is 6.07. The lowest BCUT2D eigenvalue weighted by Crippen LogP contribution is -2.48. The molecule has 3 heterocycles. The van der Waals surface area contributed by atoms with Gasteiger partial charge in [-0.2, -0.15) is 0 Å². The molecule has 2 bridgehead atoms. The molecule has 1 saturated carbocycles. The second-order valence-corrected chi connectivity index (χ2v) is 9.87. The number of benzene rings is 2. The number of rotatable bonds is 3. The van der Waals surface area contributed by atoms with Crippen LogP contribution in [0.4, 0.5) is 0 Å². The van der Waals surface area contributed by atoms with E-state index in [4.69, 9.17) is 0 Å². The van der Waals surface area contributed by atoms with Crippen LogP contribution in [0.15, 0.2) is 48.5 Å². The van der Waals surface area contributed by atoms with Gasteiger partial charge in [-0.25, -0.2) is 0 Å². The Hall–Kier alpha value is -3.61. The number of aryl methyl sites for hydroxylation is 1. The highest BCUT2D eigenvalue weighted by Gasteiger charge is 2.44. The van der Waals surface area contributed by atoms with Crippen molar-refractivity contribution in [2.75, 3.05) is 13.1 Å². The molecule has 34 heavy (non-hydrogen) atoms. The number of H-pyrrole nitrogens is 1. The standard InChI is InChI=1S/C27H28N4O3/c1-15-5-4-6-16-12-23(29-24(15)16)27(34)31-14-17-11-18(31)9-10-22(17)30-26(33)21-13-28-25(32)20-8-3-2-7-19(20)21/h2-8,12,17-18,21-22,29H,9-11,13-14H2,1H3,(H,28,32)(H,30,33). The molecule has 0 radical (unpaired) electrons. The first-order valence-corrected chi connectivity index (χ1v) is 12.1. The fraction of sp³-hybridized carbons (Fsp3) is 0.370. The van der Waals surface area contributed by atoms with E-state index in [1.165, 1.54) is 0 Å². The van der Waals surface area contributed by atoms with E-state index >= 15 is 0 Å². The smallest absolute Gasteiger partial charge is 0.270 e. The lowest BCUT2D eigenvalue weighted by molar-refractivity contribution is -0.123. The van der Waals surface area contributed by atoms with Crippen LogP contribution in [0, 0.1) is 12.8 Å². The Labute approximate surface area is 197 Å². The molecule has 2 aromatic carbocycles. The molecular weight excluding hydrogens is 428 g/mol. The number of carbonyl (C=O) groups excluding carboxylic acids is 3. The van der Waals surface area contributed by atoms with Gasteiger partial charge in [-0.3, -0.25) is 14.4 Å². The lowest BCUT2D eigenvalue weighted by atomic mass is 9.84. The van der Waals surface area contributed by atoms with E-state index in [1.807, 2.05) is 54.3 Å². The predicted octanol–water partition coefficient (Wildman–Crippen LogP) is 3.11. The molecule has 1 aromatic heterocycles. The zero-order chi connectivity index (χ0) is 23.4. The van der Waals surface area contributed by atoms with Gasteiger partial charge in [0.15, 0.2) is 0 Å². The van der Waals surface area contributed by atoms with Crippen LogP contribution in [-0.4, -0.2) is 52.8 Å². The summed E-state index contributed by atoms with van der Waals surface area (Å²) in [6.45, 7) is 3.01. The Morgan fingerprint density at radius 2 is 1.94 bits per heavy atom. The van der Waals surface area contributed by atoms with E-state index in [2.05, 4.69) is 15.6 Å². The summed E-state index contributed by atoms with van der Waals surface area (Å²) in [5.74, 6) is -0.283. The van der Waals surface area contributed by atoms with Crippen molar-refractivity contribution in [2.45, 2.75) is 44.2 Å². The highest BCUT2D eigenvalue weighted by molar-refractivity contribution is 6.01. The molecule has 7 nitrogen and oxygen atoms in total. The molecule has 4 unspecified atom stereocenters. The highest BCUT2D eigenvalue weighted by atomic mass is 16.2. The van der Waals surface area contributed by atoms with Gasteiger partial charge in [0.1, 0.15) is 5.69 Å². The molecule has 2 aliphatic heterocycles. The van der Waals surface area contributed by atoms with Crippen LogP contribution < -0.4 is 10.6 Å².